The minimum absolute atomic E-state index is 0.143. The topological polar surface area (TPSA) is 52.6 Å². The van der Waals surface area contributed by atoms with Gasteiger partial charge in [-0.1, -0.05) is 32.6 Å². The van der Waals surface area contributed by atoms with Gasteiger partial charge in [0, 0.05) is 0 Å². The standard InChI is InChI=1S/C16H28O4/c1-4-19-15(17)11-14(16(18)20-5-2)10-12(3)13-8-6-7-9-13/h12-14H,4-11H2,1-3H3. The first-order chi connectivity index (χ1) is 9.58. The number of ether oxygens (including phenoxy) is 2. The number of rotatable bonds is 8. The maximum Gasteiger partial charge on any atom is 0.309 e. The van der Waals surface area contributed by atoms with E-state index in [0.29, 0.717) is 25.0 Å². The average Bonchev–Trinajstić information content (AvgIpc) is 2.92. The number of esters is 2. The van der Waals surface area contributed by atoms with Gasteiger partial charge in [-0.25, -0.2) is 0 Å². The van der Waals surface area contributed by atoms with Crippen molar-refractivity contribution < 1.29 is 19.1 Å². The molecular formula is C16H28O4. The van der Waals surface area contributed by atoms with Crippen LogP contribution in [0.5, 0.6) is 0 Å². The SMILES string of the molecule is CCOC(=O)CC(CC(C)C1CCCC1)C(=O)OCC. The molecule has 0 aromatic heterocycles. The van der Waals surface area contributed by atoms with E-state index in [-0.39, 0.29) is 24.3 Å². The first-order valence-electron chi connectivity index (χ1n) is 7.90. The highest BCUT2D eigenvalue weighted by atomic mass is 16.5. The van der Waals surface area contributed by atoms with Gasteiger partial charge in [-0.05, 0) is 32.1 Å². The average molecular weight is 284 g/mol. The molecule has 0 aromatic rings. The summed E-state index contributed by atoms with van der Waals surface area (Å²) in [6.45, 7) is 6.47. The van der Waals surface area contributed by atoms with E-state index in [0.717, 1.165) is 6.42 Å². The Balaban J connectivity index is 2.56. The summed E-state index contributed by atoms with van der Waals surface area (Å²) < 4.78 is 10.1. The van der Waals surface area contributed by atoms with Crippen LogP contribution in [0, 0.1) is 17.8 Å². The van der Waals surface area contributed by atoms with Gasteiger partial charge in [0.2, 0.25) is 0 Å². The Hall–Kier alpha value is -1.06. The highest BCUT2D eigenvalue weighted by Crippen LogP contribution is 2.35. The van der Waals surface area contributed by atoms with E-state index in [1.807, 2.05) is 0 Å². The second-order valence-electron chi connectivity index (χ2n) is 5.72. The molecule has 0 heterocycles. The highest BCUT2D eigenvalue weighted by Gasteiger charge is 2.30. The largest absolute Gasteiger partial charge is 0.466 e. The second-order valence-corrected chi connectivity index (χ2v) is 5.72. The predicted octanol–water partition coefficient (Wildman–Crippen LogP) is 3.34. The summed E-state index contributed by atoms with van der Waals surface area (Å²) in [6.07, 6.45) is 5.94. The van der Waals surface area contributed by atoms with Gasteiger partial charge in [0.15, 0.2) is 0 Å². The molecule has 0 N–H and O–H groups in total. The molecule has 1 aliphatic rings. The fourth-order valence-electron chi connectivity index (χ4n) is 3.11. The van der Waals surface area contributed by atoms with Crippen LogP contribution in [0.1, 0.15) is 59.3 Å². The van der Waals surface area contributed by atoms with Crippen LogP contribution in [0.4, 0.5) is 0 Å². The van der Waals surface area contributed by atoms with Crippen molar-refractivity contribution in [1.29, 1.82) is 0 Å². The molecule has 0 aliphatic heterocycles. The van der Waals surface area contributed by atoms with Crippen molar-refractivity contribution in [2.45, 2.75) is 59.3 Å². The molecule has 116 valence electrons. The lowest BCUT2D eigenvalue weighted by molar-refractivity contribution is -0.155. The van der Waals surface area contributed by atoms with E-state index in [1.165, 1.54) is 25.7 Å². The Kier molecular flexibility index (Phi) is 7.63. The zero-order valence-electron chi connectivity index (χ0n) is 13.0. The van der Waals surface area contributed by atoms with E-state index in [4.69, 9.17) is 9.47 Å². The molecule has 2 unspecified atom stereocenters. The molecule has 0 aromatic carbocycles. The second kappa shape index (κ2) is 8.98. The van der Waals surface area contributed by atoms with Crippen molar-refractivity contribution in [3.05, 3.63) is 0 Å². The van der Waals surface area contributed by atoms with E-state index >= 15 is 0 Å². The van der Waals surface area contributed by atoms with Gasteiger partial charge in [0.1, 0.15) is 0 Å². The fraction of sp³-hybridized carbons (Fsp3) is 0.875. The summed E-state index contributed by atoms with van der Waals surface area (Å²) in [5.74, 6) is 0.231. The van der Waals surface area contributed by atoms with Crippen molar-refractivity contribution in [3.63, 3.8) is 0 Å². The van der Waals surface area contributed by atoms with Gasteiger partial charge < -0.3 is 9.47 Å². The molecular weight excluding hydrogens is 256 g/mol. The molecule has 0 spiro atoms. The summed E-state index contributed by atoms with van der Waals surface area (Å²) >= 11 is 0. The summed E-state index contributed by atoms with van der Waals surface area (Å²) in [6, 6.07) is 0. The third-order valence-corrected chi connectivity index (χ3v) is 4.20. The van der Waals surface area contributed by atoms with Crippen LogP contribution < -0.4 is 0 Å². The molecule has 0 bridgehead atoms. The smallest absolute Gasteiger partial charge is 0.309 e. The van der Waals surface area contributed by atoms with Crippen LogP contribution >= 0.6 is 0 Å². The van der Waals surface area contributed by atoms with Crippen molar-refractivity contribution in [2.75, 3.05) is 13.2 Å². The molecule has 20 heavy (non-hydrogen) atoms. The number of hydrogen-bond acceptors (Lipinski definition) is 4. The van der Waals surface area contributed by atoms with Crippen LogP contribution in [-0.4, -0.2) is 25.2 Å². The van der Waals surface area contributed by atoms with Gasteiger partial charge in [0.25, 0.3) is 0 Å². The van der Waals surface area contributed by atoms with Gasteiger partial charge in [-0.15, -0.1) is 0 Å². The van der Waals surface area contributed by atoms with E-state index in [1.54, 1.807) is 13.8 Å². The summed E-state index contributed by atoms with van der Waals surface area (Å²) in [5, 5.41) is 0. The first kappa shape index (κ1) is 17.0. The Morgan fingerprint density at radius 1 is 1.10 bits per heavy atom. The Labute approximate surface area is 122 Å². The van der Waals surface area contributed by atoms with Gasteiger partial charge in [0.05, 0.1) is 25.6 Å². The fourth-order valence-corrected chi connectivity index (χ4v) is 3.11. The summed E-state index contributed by atoms with van der Waals surface area (Å²) in [4.78, 5) is 23.6. The molecule has 4 nitrogen and oxygen atoms in total. The van der Waals surface area contributed by atoms with Crippen LogP contribution in [0.15, 0.2) is 0 Å². The van der Waals surface area contributed by atoms with Crippen LogP contribution in [0.3, 0.4) is 0 Å². The lowest BCUT2D eigenvalue weighted by Gasteiger charge is -2.23. The minimum Gasteiger partial charge on any atom is -0.466 e. The van der Waals surface area contributed by atoms with Crippen molar-refractivity contribution in [1.82, 2.24) is 0 Å². The number of hydrogen-bond donors (Lipinski definition) is 0. The monoisotopic (exact) mass is 284 g/mol. The normalized spacial score (nSPS) is 18.6. The molecule has 0 radical (unpaired) electrons. The number of carbonyl (C=O) groups excluding carboxylic acids is 2. The maximum atomic E-state index is 12.0. The maximum absolute atomic E-state index is 12.0. The molecule has 1 saturated carbocycles. The Bertz CT molecular complexity index is 308. The van der Waals surface area contributed by atoms with Crippen LogP contribution in [0.2, 0.25) is 0 Å². The molecule has 1 rings (SSSR count). The molecule has 4 heteroatoms. The van der Waals surface area contributed by atoms with E-state index in [2.05, 4.69) is 6.92 Å². The first-order valence-corrected chi connectivity index (χ1v) is 7.90. The zero-order chi connectivity index (χ0) is 15.0. The molecule has 1 aliphatic carbocycles. The quantitative estimate of drug-likeness (QED) is 0.641. The summed E-state index contributed by atoms with van der Waals surface area (Å²) in [5.41, 5.74) is 0. The van der Waals surface area contributed by atoms with Gasteiger partial charge in [-0.3, -0.25) is 9.59 Å². The lowest BCUT2D eigenvalue weighted by Crippen LogP contribution is -2.25. The molecule has 2 atom stereocenters. The van der Waals surface area contributed by atoms with Crippen molar-refractivity contribution in [2.24, 2.45) is 17.8 Å². The molecule has 0 amide bonds. The summed E-state index contributed by atoms with van der Waals surface area (Å²) in [7, 11) is 0. The van der Waals surface area contributed by atoms with Crippen molar-refractivity contribution in [3.8, 4) is 0 Å². The Morgan fingerprint density at radius 2 is 1.70 bits per heavy atom. The van der Waals surface area contributed by atoms with E-state index in [9.17, 15) is 9.59 Å². The lowest BCUT2D eigenvalue weighted by atomic mass is 9.83. The van der Waals surface area contributed by atoms with E-state index < -0.39 is 0 Å². The third-order valence-electron chi connectivity index (χ3n) is 4.20. The zero-order valence-corrected chi connectivity index (χ0v) is 13.0. The highest BCUT2D eigenvalue weighted by molar-refractivity contribution is 5.79. The van der Waals surface area contributed by atoms with Crippen LogP contribution in [0.25, 0.3) is 0 Å². The Morgan fingerprint density at radius 3 is 2.25 bits per heavy atom. The third kappa shape index (κ3) is 5.51. The minimum atomic E-state index is -0.357. The predicted molar refractivity (Wildman–Crippen MR) is 77.1 cm³/mol. The molecule has 1 fully saturated rings. The van der Waals surface area contributed by atoms with Crippen molar-refractivity contribution >= 4 is 11.9 Å². The van der Waals surface area contributed by atoms with Crippen LogP contribution in [-0.2, 0) is 19.1 Å². The van der Waals surface area contributed by atoms with Gasteiger partial charge in [-0.2, -0.15) is 0 Å². The van der Waals surface area contributed by atoms with Gasteiger partial charge >= 0.3 is 11.9 Å². The molecule has 0 saturated heterocycles. The number of carbonyl (C=O) groups is 2.